The SMILES string of the molecule is Cc1cc(NCCCCO)nc(NC(=O)Nc2ccc(C(F)(F)F)cc2)n1. The van der Waals surface area contributed by atoms with Crippen molar-refractivity contribution in [3.05, 3.63) is 41.6 Å². The number of anilines is 3. The Kier molecular flexibility index (Phi) is 6.94. The van der Waals surface area contributed by atoms with E-state index in [9.17, 15) is 18.0 Å². The summed E-state index contributed by atoms with van der Waals surface area (Å²) in [6, 6.07) is 5.12. The number of nitrogens with one attached hydrogen (secondary N) is 3. The highest BCUT2D eigenvalue weighted by Gasteiger charge is 2.29. The molecule has 0 fully saturated rings. The van der Waals surface area contributed by atoms with Gasteiger partial charge in [-0.1, -0.05) is 0 Å². The third-order valence-corrected chi connectivity index (χ3v) is 3.44. The molecule has 0 aliphatic heterocycles. The third kappa shape index (κ3) is 6.74. The van der Waals surface area contributed by atoms with Crippen LogP contribution in [0.1, 0.15) is 24.1 Å². The summed E-state index contributed by atoms with van der Waals surface area (Å²) >= 11 is 0. The van der Waals surface area contributed by atoms with Gasteiger partial charge in [0.25, 0.3) is 0 Å². The molecule has 0 spiro atoms. The Balaban J connectivity index is 1.95. The first-order valence-corrected chi connectivity index (χ1v) is 8.23. The highest BCUT2D eigenvalue weighted by Crippen LogP contribution is 2.29. The van der Waals surface area contributed by atoms with Crippen LogP contribution < -0.4 is 16.0 Å². The first-order valence-electron chi connectivity index (χ1n) is 8.23. The van der Waals surface area contributed by atoms with E-state index < -0.39 is 17.8 Å². The Labute approximate surface area is 154 Å². The minimum Gasteiger partial charge on any atom is -0.396 e. The van der Waals surface area contributed by atoms with Crippen LogP contribution in [0.5, 0.6) is 0 Å². The number of nitrogens with zero attached hydrogens (tertiary/aromatic N) is 2. The van der Waals surface area contributed by atoms with E-state index in [2.05, 4.69) is 25.9 Å². The van der Waals surface area contributed by atoms with Crippen molar-refractivity contribution in [2.24, 2.45) is 0 Å². The van der Waals surface area contributed by atoms with Gasteiger partial charge in [0.1, 0.15) is 5.82 Å². The second-order valence-electron chi connectivity index (χ2n) is 5.73. The maximum absolute atomic E-state index is 12.5. The number of benzene rings is 1. The summed E-state index contributed by atoms with van der Waals surface area (Å²) in [5.74, 6) is 0.578. The van der Waals surface area contributed by atoms with Gasteiger partial charge in [-0.3, -0.25) is 5.32 Å². The molecule has 7 nitrogen and oxygen atoms in total. The zero-order valence-electron chi connectivity index (χ0n) is 14.6. The lowest BCUT2D eigenvalue weighted by molar-refractivity contribution is -0.137. The van der Waals surface area contributed by atoms with E-state index in [-0.39, 0.29) is 18.2 Å². The molecule has 0 aliphatic carbocycles. The Morgan fingerprint density at radius 3 is 2.44 bits per heavy atom. The van der Waals surface area contributed by atoms with Crippen molar-refractivity contribution in [2.75, 3.05) is 29.1 Å². The number of amides is 2. The van der Waals surface area contributed by atoms with Crippen molar-refractivity contribution in [1.29, 1.82) is 0 Å². The van der Waals surface area contributed by atoms with Crippen molar-refractivity contribution in [3.8, 4) is 0 Å². The molecule has 0 aliphatic rings. The second-order valence-corrected chi connectivity index (χ2v) is 5.73. The van der Waals surface area contributed by atoms with Gasteiger partial charge in [-0.15, -0.1) is 0 Å². The highest BCUT2D eigenvalue weighted by molar-refractivity contribution is 5.98. The van der Waals surface area contributed by atoms with Gasteiger partial charge in [0, 0.05) is 30.6 Å². The minimum absolute atomic E-state index is 0.0593. The lowest BCUT2D eigenvalue weighted by atomic mass is 10.2. The lowest BCUT2D eigenvalue weighted by Gasteiger charge is -2.11. The van der Waals surface area contributed by atoms with E-state index in [0.717, 1.165) is 30.7 Å². The highest BCUT2D eigenvalue weighted by atomic mass is 19.4. The molecule has 0 radical (unpaired) electrons. The number of aliphatic hydroxyl groups is 1. The number of carbonyl (C=O) groups is 1. The average Bonchev–Trinajstić information content (AvgIpc) is 2.58. The Hall–Kier alpha value is -2.88. The summed E-state index contributed by atoms with van der Waals surface area (Å²) in [6.45, 7) is 2.45. The fraction of sp³-hybridized carbons (Fsp3) is 0.353. The van der Waals surface area contributed by atoms with Crippen LogP contribution in [0.3, 0.4) is 0 Å². The molecule has 0 unspecified atom stereocenters. The summed E-state index contributed by atoms with van der Waals surface area (Å²) < 4.78 is 37.6. The van der Waals surface area contributed by atoms with Gasteiger partial charge in [-0.2, -0.15) is 18.2 Å². The lowest BCUT2D eigenvalue weighted by Crippen LogP contribution is -2.21. The van der Waals surface area contributed by atoms with Gasteiger partial charge in [0.2, 0.25) is 5.95 Å². The summed E-state index contributed by atoms with van der Waals surface area (Å²) in [5, 5.41) is 16.7. The number of urea groups is 1. The fourth-order valence-corrected chi connectivity index (χ4v) is 2.17. The predicted molar refractivity (Wildman–Crippen MR) is 95.7 cm³/mol. The molecule has 10 heteroatoms. The summed E-state index contributed by atoms with van der Waals surface area (Å²) in [7, 11) is 0. The number of hydrogen-bond acceptors (Lipinski definition) is 5. The van der Waals surface area contributed by atoms with Crippen LogP contribution in [0, 0.1) is 6.92 Å². The van der Waals surface area contributed by atoms with Crippen LogP contribution in [-0.4, -0.2) is 34.3 Å². The summed E-state index contributed by atoms with van der Waals surface area (Å²) in [6.07, 6.45) is -3.01. The molecule has 146 valence electrons. The van der Waals surface area contributed by atoms with Crippen LogP contribution in [0.2, 0.25) is 0 Å². The smallest absolute Gasteiger partial charge is 0.396 e. The first kappa shape index (κ1) is 20.4. The monoisotopic (exact) mass is 383 g/mol. The Bertz CT molecular complexity index is 766. The summed E-state index contributed by atoms with van der Waals surface area (Å²) in [5.41, 5.74) is 0.0300. The second kappa shape index (κ2) is 9.17. The topological polar surface area (TPSA) is 99.2 Å². The molecule has 1 aromatic carbocycles. The number of aryl methyl sites for hydroxylation is 1. The molecule has 2 aromatic rings. The van der Waals surface area contributed by atoms with Crippen LogP contribution in [-0.2, 0) is 6.18 Å². The van der Waals surface area contributed by atoms with Gasteiger partial charge in [-0.25, -0.2) is 9.78 Å². The molecule has 2 amide bonds. The van der Waals surface area contributed by atoms with E-state index in [1.165, 1.54) is 0 Å². The standard InChI is InChI=1S/C17H20F3N5O2/c1-11-10-14(21-8-2-3-9-26)24-15(22-11)25-16(27)23-13-6-4-12(5-7-13)17(18,19)20/h4-7,10,26H,2-3,8-9H2,1H3,(H3,21,22,23,24,25,27). The van der Waals surface area contributed by atoms with Crippen molar-refractivity contribution in [2.45, 2.75) is 25.9 Å². The number of halogens is 3. The number of alkyl halides is 3. The number of hydrogen-bond donors (Lipinski definition) is 4. The Morgan fingerprint density at radius 1 is 1.11 bits per heavy atom. The molecule has 0 saturated carbocycles. The maximum atomic E-state index is 12.5. The van der Waals surface area contributed by atoms with Gasteiger partial charge < -0.3 is 15.7 Å². The van der Waals surface area contributed by atoms with E-state index >= 15 is 0 Å². The van der Waals surface area contributed by atoms with Crippen molar-refractivity contribution in [1.82, 2.24) is 9.97 Å². The molecule has 1 heterocycles. The largest absolute Gasteiger partial charge is 0.416 e. The number of aliphatic hydroxyl groups excluding tert-OH is 1. The zero-order chi connectivity index (χ0) is 19.9. The van der Waals surface area contributed by atoms with E-state index in [0.29, 0.717) is 24.5 Å². The molecule has 0 saturated heterocycles. The van der Waals surface area contributed by atoms with Gasteiger partial charge in [0.05, 0.1) is 5.56 Å². The molecule has 27 heavy (non-hydrogen) atoms. The number of rotatable bonds is 7. The molecule has 4 N–H and O–H groups in total. The molecule has 2 rings (SSSR count). The normalized spacial score (nSPS) is 11.1. The summed E-state index contributed by atoms with van der Waals surface area (Å²) in [4.78, 5) is 20.3. The molecular formula is C17H20F3N5O2. The molecule has 0 bridgehead atoms. The Morgan fingerprint density at radius 2 is 1.81 bits per heavy atom. The van der Waals surface area contributed by atoms with Crippen LogP contribution in [0.4, 0.5) is 35.4 Å². The third-order valence-electron chi connectivity index (χ3n) is 3.44. The quantitative estimate of drug-likeness (QED) is 0.547. The van der Waals surface area contributed by atoms with Gasteiger partial charge in [-0.05, 0) is 44.0 Å². The number of aromatic nitrogens is 2. The predicted octanol–water partition coefficient (Wildman–Crippen LogP) is 3.63. The van der Waals surface area contributed by atoms with E-state index in [1.54, 1.807) is 13.0 Å². The first-order chi connectivity index (χ1) is 12.8. The molecular weight excluding hydrogens is 363 g/mol. The maximum Gasteiger partial charge on any atom is 0.416 e. The molecule has 0 atom stereocenters. The number of carbonyl (C=O) groups excluding carboxylic acids is 1. The minimum atomic E-state index is -4.43. The van der Waals surface area contributed by atoms with Crippen molar-refractivity contribution in [3.63, 3.8) is 0 Å². The number of unbranched alkanes of at least 4 members (excludes halogenated alkanes) is 1. The van der Waals surface area contributed by atoms with Gasteiger partial charge >= 0.3 is 12.2 Å². The van der Waals surface area contributed by atoms with Crippen molar-refractivity contribution >= 4 is 23.5 Å². The van der Waals surface area contributed by atoms with Crippen molar-refractivity contribution < 1.29 is 23.1 Å². The van der Waals surface area contributed by atoms with Gasteiger partial charge in [0.15, 0.2) is 0 Å². The van der Waals surface area contributed by atoms with Crippen LogP contribution in [0.25, 0.3) is 0 Å². The fourth-order valence-electron chi connectivity index (χ4n) is 2.17. The van der Waals surface area contributed by atoms with Crippen LogP contribution in [0.15, 0.2) is 30.3 Å². The molecule has 1 aromatic heterocycles. The van der Waals surface area contributed by atoms with E-state index in [1.807, 2.05) is 0 Å². The van der Waals surface area contributed by atoms with E-state index in [4.69, 9.17) is 5.11 Å². The zero-order valence-corrected chi connectivity index (χ0v) is 14.6. The van der Waals surface area contributed by atoms with Crippen LogP contribution >= 0.6 is 0 Å². The average molecular weight is 383 g/mol.